The van der Waals surface area contributed by atoms with Crippen LogP contribution in [-0.2, 0) is 9.53 Å². The maximum absolute atomic E-state index is 14.7. The molecular weight excluding hydrogens is 439 g/mol. The Balaban J connectivity index is 1.31. The molecule has 0 spiro atoms. The van der Waals surface area contributed by atoms with Crippen LogP contribution in [0.1, 0.15) is 18.4 Å². The molecule has 0 atom stereocenters. The third-order valence-electron chi connectivity index (χ3n) is 6.17. The van der Waals surface area contributed by atoms with Crippen molar-refractivity contribution in [2.45, 2.75) is 12.8 Å². The van der Waals surface area contributed by atoms with Crippen molar-refractivity contribution < 1.29 is 13.9 Å². The minimum atomic E-state index is -0.246. The molecule has 3 aliphatic heterocycles. The Labute approximate surface area is 197 Å². The number of hydrogen-bond donors (Lipinski definition) is 0. The summed E-state index contributed by atoms with van der Waals surface area (Å²) in [4.78, 5) is 23.9. The summed E-state index contributed by atoms with van der Waals surface area (Å²) < 4.78 is 20.1. The maximum Gasteiger partial charge on any atom is 0.266 e. The average Bonchev–Trinajstić information content (AvgIpc) is 3.46. The van der Waals surface area contributed by atoms with Crippen LogP contribution in [0.5, 0.6) is 0 Å². The largest absolute Gasteiger partial charge is 0.378 e. The van der Waals surface area contributed by atoms with Crippen molar-refractivity contribution in [2.24, 2.45) is 4.99 Å². The number of nitrogens with zero attached hydrogens (tertiary/aromatic N) is 4. The van der Waals surface area contributed by atoms with Crippen LogP contribution >= 0.6 is 11.8 Å². The van der Waals surface area contributed by atoms with E-state index in [2.05, 4.69) is 14.8 Å². The monoisotopic (exact) mass is 466 g/mol. The normalized spacial score (nSPS) is 21.6. The molecule has 0 saturated carbocycles. The summed E-state index contributed by atoms with van der Waals surface area (Å²) in [5.74, 6) is -0.378. The molecule has 2 aromatic carbocycles. The molecule has 6 nitrogen and oxygen atoms in total. The van der Waals surface area contributed by atoms with Crippen LogP contribution in [0.2, 0.25) is 0 Å². The van der Waals surface area contributed by atoms with Crippen molar-refractivity contribution in [1.82, 2.24) is 4.90 Å². The number of hydrogen-bond acceptors (Lipinski definition) is 6. The number of benzene rings is 2. The van der Waals surface area contributed by atoms with Gasteiger partial charge in [-0.3, -0.25) is 9.69 Å². The molecule has 3 aliphatic rings. The summed E-state index contributed by atoms with van der Waals surface area (Å²) in [6.45, 7) is 5.04. The van der Waals surface area contributed by atoms with Gasteiger partial charge in [-0.1, -0.05) is 6.07 Å². The molecule has 3 fully saturated rings. The van der Waals surface area contributed by atoms with Gasteiger partial charge in [-0.25, -0.2) is 9.38 Å². The molecule has 5 rings (SSSR count). The van der Waals surface area contributed by atoms with Gasteiger partial charge in [-0.05, 0) is 72.6 Å². The minimum absolute atomic E-state index is 0.132. The van der Waals surface area contributed by atoms with Crippen LogP contribution in [-0.4, -0.2) is 62.4 Å². The lowest BCUT2D eigenvalue weighted by Crippen LogP contribution is -2.36. The van der Waals surface area contributed by atoms with Crippen molar-refractivity contribution in [2.75, 3.05) is 56.2 Å². The van der Waals surface area contributed by atoms with E-state index < -0.39 is 0 Å². The highest BCUT2D eigenvalue weighted by Crippen LogP contribution is 2.34. The molecule has 8 heteroatoms. The number of rotatable bonds is 4. The summed E-state index contributed by atoms with van der Waals surface area (Å²) in [7, 11) is 1.72. The summed E-state index contributed by atoms with van der Waals surface area (Å²) in [6.07, 6.45) is 3.94. The van der Waals surface area contributed by atoms with E-state index in [0.29, 0.717) is 21.3 Å². The number of halogens is 1. The van der Waals surface area contributed by atoms with Gasteiger partial charge >= 0.3 is 0 Å². The van der Waals surface area contributed by atoms with Crippen LogP contribution in [0, 0.1) is 5.82 Å². The maximum atomic E-state index is 14.7. The summed E-state index contributed by atoms with van der Waals surface area (Å²) in [5.41, 5.74) is 3.25. The van der Waals surface area contributed by atoms with Crippen LogP contribution in [0.15, 0.2) is 52.4 Å². The zero-order valence-corrected chi connectivity index (χ0v) is 19.5. The zero-order chi connectivity index (χ0) is 22.8. The molecule has 0 bridgehead atoms. The quantitative estimate of drug-likeness (QED) is 0.621. The molecule has 0 aromatic heterocycles. The van der Waals surface area contributed by atoms with Crippen LogP contribution in [0.4, 0.5) is 21.5 Å². The van der Waals surface area contributed by atoms with Crippen molar-refractivity contribution in [1.29, 1.82) is 0 Å². The van der Waals surface area contributed by atoms with Gasteiger partial charge in [-0.2, -0.15) is 0 Å². The second-order valence-electron chi connectivity index (χ2n) is 8.39. The molecule has 3 saturated heterocycles. The first-order chi connectivity index (χ1) is 16.1. The van der Waals surface area contributed by atoms with E-state index in [1.54, 1.807) is 18.0 Å². The van der Waals surface area contributed by atoms with Gasteiger partial charge in [0.1, 0.15) is 5.82 Å². The standard InChI is InChI=1S/C25H27FN4O2S/c1-28-24(31)23(17-18-4-9-22(21(26)16-18)30-10-2-3-11-30)33-25(28)27-19-5-7-20(8-6-19)29-12-14-32-15-13-29/h4-9,16-17H,2-3,10-15H2,1H3. The highest BCUT2D eigenvalue weighted by Gasteiger charge is 2.30. The molecule has 3 heterocycles. The lowest BCUT2D eigenvalue weighted by molar-refractivity contribution is -0.121. The number of carbonyl (C=O) groups is 1. The fourth-order valence-electron chi connectivity index (χ4n) is 4.30. The molecule has 0 radical (unpaired) electrons. The lowest BCUT2D eigenvalue weighted by Gasteiger charge is -2.28. The third-order valence-corrected chi connectivity index (χ3v) is 7.23. The Morgan fingerprint density at radius 1 is 1.00 bits per heavy atom. The number of amides is 1. The summed E-state index contributed by atoms with van der Waals surface area (Å²) in [6, 6.07) is 13.2. The lowest BCUT2D eigenvalue weighted by atomic mass is 10.1. The molecule has 0 aliphatic carbocycles. The van der Waals surface area contributed by atoms with Crippen LogP contribution in [0.3, 0.4) is 0 Å². The van der Waals surface area contributed by atoms with Crippen molar-refractivity contribution in [3.05, 3.63) is 58.8 Å². The van der Waals surface area contributed by atoms with E-state index >= 15 is 0 Å². The Morgan fingerprint density at radius 2 is 1.73 bits per heavy atom. The number of anilines is 2. The number of carbonyl (C=O) groups excluding carboxylic acids is 1. The van der Waals surface area contributed by atoms with E-state index in [0.717, 1.165) is 63.6 Å². The Morgan fingerprint density at radius 3 is 2.42 bits per heavy atom. The predicted molar refractivity (Wildman–Crippen MR) is 133 cm³/mol. The second kappa shape index (κ2) is 9.57. The zero-order valence-electron chi connectivity index (χ0n) is 18.7. The van der Waals surface area contributed by atoms with Crippen molar-refractivity contribution in [3.63, 3.8) is 0 Å². The van der Waals surface area contributed by atoms with E-state index in [-0.39, 0.29) is 11.7 Å². The van der Waals surface area contributed by atoms with E-state index in [1.807, 2.05) is 36.4 Å². The minimum Gasteiger partial charge on any atom is -0.378 e. The fraction of sp³-hybridized carbons (Fsp3) is 0.360. The van der Waals surface area contributed by atoms with E-state index in [9.17, 15) is 9.18 Å². The Hall–Kier alpha value is -2.84. The van der Waals surface area contributed by atoms with Crippen LogP contribution < -0.4 is 9.80 Å². The first kappa shape index (κ1) is 22.0. The highest BCUT2D eigenvalue weighted by atomic mass is 32.2. The number of likely N-dealkylation sites (N-methyl/N-ethyl adjacent to an activating group) is 1. The van der Waals surface area contributed by atoms with E-state index in [4.69, 9.17) is 4.74 Å². The summed E-state index contributed by atoms with van der Waals surface area (Å²) in [5, 5.41) is 0.611. The topological polar surface area (TPSA) is 48.4 Å². The average molecular weight is 467 g/mol. The molecular formula is C25H27FN4O2S. The SMILES string of the molecule is CN1C(=O)C(=Cc2ccc(N3CCCC3)c(F)c2)SC1=Nc1ccc(N2CCOCC2)cc1. The molecule has 33 heavy (non-hydrogen) atoms. The molecule has 0 N–H and O–H groups in total. The van der Waals surface area contributed by atoms with Gasteiger partial charge in [-0.15, -0.1) is 0 Å². The predicted octanol–water partition coefficient (Wildman–Crippen LogP) is 4.50. The Kier molecular flexibility index (Phi) is 6.37. The smallest absolute Gasteiger partial charge is 0.266 e. The number of morpholine rings is 1. The second-order valence-corrected chi connectivity index (χ2v) is 9.40. The van der Waals surface area contributed by atoms with Gasteiger partial charge < -0.3 is 14.5 Å². The van der Waals surface area contributed by atoms with Crippen molar-refractivity contribution in [3.8, 4) is 0 Å². The molecule has 1 amide bonds. The number of ether oxygens (including phenoxy) is 1. The highest BCUT2D eigenvalue weighted by molar-refractivity contribution is 8.18. The van der Waals surface area contributed by atoms with E-state index in [1.165, 1.54) is 17.8 Å². The molecule has 172 valence electrons. The number of thioether (sulfide) groups is 1. The summed E-state index contributed by atoms with van der Waals surface area (Å²) >= 11 is 1.31. The first-order valence-corrected chi connectivity index (χ1v) is 12.1. The van der Waals surface area contributed by atoms with Gasteiger partial charge in [0.05, 0.1) is 29.5 Å². The van der Waals surface area contributed by atoms with Gasteiger partial charge in [0.15, 0.2) is 5.17 Å². The van der Waals surface area contributed by atoms with Gasteiger partial charge in [0.25, 0.3) is 5.91 Å². The van der Waals surface area contributed by atoms with Gasteiger partial charge in [0, 0.05) is 38.9 Å². The molecule has 2 aromatic rings. The van der Waals surface area contributed by atoms with Crippen molar-refractivity contribution >= 4 is 46.0 Å². The number of aliphatic imine (C=N–C) groups is 1. The fourth-order valence-corrected chi connectivity index (χ4v) is 5.29. The number of amidine groups is 1. The molecule has 0 unspecified atom stereocenters. The first-order valence-electron chi connectivity index (χ1n) is 11.3. The third kappa shape index (κ3) is 4.77. The van der Waals surface area contributed by atoms with Crippen LogP contribution in [0.25, 0.3) is 6.08 Å². The van der Waals surface area contributed by atoms with Gasteiger partial charge in [0.2, 0.25) is 0 Å². The Bertz CT molecular complexity index is 1090.